The zero-order chi connectivity index (χ0) is 14.9. The van der Waals surface area contributed by atoms with E-state index in [1.54, 1.807) is 0 Å². The van der Waals surface area contributed by atoms with Gasteiger partial charge >= 0.3 is 0 Å². The molecule has 0 heterocycles. The molecule has 2 nitrogen and oxygen atoms in total. The van der Waals surface area contributed by atoms with Gasteiger partial charge in [0, 0.05) is 0 Å². The predicted molar refractivity (Wildman–Crippen MR) is 87.8 cm³/mol. The van der Waals surface area contributed by atoms with Crippen LogP contribution in [0.3, 0.4) is 0 Å². The lowest BCUT2D eigenvalue weighted by atomic mass is 10.1. The van der Waals surface area contributed by atoms with Gasteiger partial charge in [-0.2, -0.15) is 0 Å². The lowest BCUT2D eigenvalue weighted by Crippen LogP contribution is -1.98. The molecule has 1 aliphatic rings. The number of rotatable bonds is 10. The van der Waals surface area contributed by atoms with Gasteiger partial charge in [0.1, 0.15) is 5.75 Å². The van der Waals surface area contributed by atoms with Crippen molar-refractivity contribution in [1.29, 1.82) is 0 Å². The molecule has 0 aliphatic heterocycles. The first-order chi connectivity index (χ1) is 10.3. The molecular weight excluding hydrogens is 260 g/mol. The van der Waals surface area contributed by atoms with Gasteiger partial charge in [-0.25, -0.2) is 0 Å². The number of fused-ring (bicyclic) bond motifs is 1. The molecule has 1 aromatic rings. The number of benzene rings is 1. The molecule has 2 heteroatoms. The molecule has 0 saturated heterocycles. The van der Waals surface area contributed by atoms with Crippen LogP contribution in [-0.2, 0) is 6.42 Å². The molecule has 0 fully saturated rings. The average molecular weight is 290 g/mol. The van der Waals surface area contributed by atoms with E-state index in [0.29, 0.717) is 0 Å². The Labute approximate surface area is 129 Å². The molecule has 1 aliphatic carbocycles. The van der Waals surface area contributed by atoms with Gasteiger partial charge in [-0.3, -0.25) is 0 Å². The molecule has 0 spiro atoms. The number of unbranched alkanes of at least 4 members (excludes halogenated alkanes) is 7. The van der Waals surface area contributed by atoms with Crippen LogP contribution >= 0.6 is 0 Å². The lowest BCUT2D eigenvalue weighted by molar-refractivity contribution is 0.180. The smallest absolute Gasteiger partial charge is 0.119 e. The van der Waals surface area contributed by atoms with Crippen LogP contribution in [0.1, 0.15) is 81.9 Å². The maximum absolute atomic E-state index is 9.78. The van der Waals surface area contributed by atoms with E-state index in [-0.39, 0.29) is 6.10 Å². The van der Waals surface area contributed by atoms with Crippen LogP contribution in [0.4, 0.5) is 0 Å². The fourth-order valence-electron chi connectivity index (χ4n) is 3.09. The molecule has 118 valence electrons. The zero-order valence-corrected chi connectivity index (χ0v) is 13.4. The Morgan fingerprint density at radius 3 is 2.52 bits per heavy atom. The maximum atomic E-state index is 9.78. The van der Waals surface area contributed by atoms with Gasteiger partial charge in [-0.15, -0.1) is 0 Å². The molecule has 0 unspecified atom stereocenters. The normalized spacial score (nSPS) is 17.0. The van der Waals surface area contributed by atoms with Crippen molar-refractivity contribution in [2.24, 2.45) is 0 Å². The Kier molecular flexibility index (Phi) is 7.08. The predicted octanol–water partition coefficient (Wildman–Crippen LogP) is 5.19. The minimum atomic E-state index is -0.262. The van der Waals surface area contributed by atoms with Crippen molar-refractivity contribution in [3.8, 4) is 5.75 Å². The van der Waals surface area contributed by atoms with Gasteiger partial charge in [0.2, 0.25) is 0 Å². The second kappa shape index (κ2) is 9.09. The van der Waals surface area contributed by atoms with Crippen LogP contribution in [-0.4, -0.2) is 11.7 Å². The quantitative estimate of drug-likeness (QED) is 0.601. The number of aliphatic hydroxyl groups excluding tert-OH is 1. The first-order valence-corrected chi connectivity index (χ1v) is 8.75. The summed E-state index contributed by atoms with van der Waals surface area (Å²) in [6.07, 6.45) is 12.2. The number of hydrogen-bond acceptors (Lipinski definition) is 2. The Balaban J connectivity index is 1.55. The van der Waals surface area contributed by atoms with Crippen LogP contribution in [0.15, 0.2) is 18.2 Å². The van der Waals surface area contributed by atoms with Gasteiger partial charge in [0.25, 0.3) is 0 Å². The second-order valence-electron chi connectivity index (χ2n) is 6.24. The van der Waals surface area contributed by atoms with Gasteiger partial charge in [-0.05, 0) is 42.5 Å². The van der Waals surface area contributed by atoms with E-state index in [9.17, 15) is 5.11 Å². The van der Waals surface area contributed by atoms with E-state index in [2.05, 4.69) is 13.0 Å². The third-order valence-electron chi connectivity index (χ3n) is 4.43. The largest absolute Gasteiger partial charge is 0.494 e. The number of ether oxygens (including phenoxy) is 1. The van der Waals surface area contributed by atoms with Crippen molar-refractivity contribution in [2.45, 2.75) is 77.2 Å². The molecule has 0 radical (unpaired) electrons. The second-order valence-corrected chi connectivity index (χ2v) is 6.24. The van der Waals surface area contributed by atoms with E-state index >= 15 is 0 Å². The summed E-state index contributed by atoms with van der Waals surface area (Å²) in [6.45, 7) is 3.08. The molecule has 1 aromatic carbocycles. The van der Waals surface area contributed by atoms with E-state index in [0.717, 1.165) is 37.2 Å². The molecule has 0 bridgehead atoms. The minimum Gasteiger partial charge on any atom is -0.494 e. The summed E-state index contributed by atoms with van der Waals surface area (Å²) in [5.41, 5.74) is 2.35. The number of aliphatic hydroxyl groups is 1. The minimum absolute atomic E-state index is 0.262. The van der Waals surface area contributed by atoms with Gasteiger partial charge < -0.3 is 9.84 Å². The Morgan fingerprint density at radius 2 is 1.76 bits per heavy atom. The summed E-state index contributed by atoms with van der Waals surface area (Å²) < 4.78 is 5.83. The monoisotopic (exact) mass is 290 g/mol. The maximum Gasteiger partial charge on any atom is 0.119 e. The average Bonchev–Trinajstić information content (AvgIpc) is 2.86. The standard InChI is InChI=1S/C19H30O2/c1-2-3-4-5-6-7-8-9-14-21-17-11-12-18-16(15-17)10-13-19(18)20/h11-12,15,19-20H,2-10,13-14H2,1H3/t19-/m0/s1. The van der Waals surface area contributed by atoms with Crippen LogP contribution in [0.25, 0.3) is 0 Å². The van der Waals surface area contributed by atoms with Crippen LogP contribution in [0.2, 0.25) is 0 Å². The molecule has 0 saturated carbocycles. The van der Waals surface area contributed by atoms with E-state index in [4.69, 9.17) is 4.74 Å². The zero-order valence-electron chi connectivity index (χ0n) is 13.4. The summed E-state index contributed by atoms with van der Waals surface area (Å²) in [4.78, 5) is 0. The summed E-state index contributed by atoms with van der Waals surface area (Å²) in [5, 5.41) is 9.78. The molecule has 2 rings (SSSR count). The van der Waals surface area contributed by atoms with Crippen molar-refractivity contribution < 1.29 is 9.84 Å². The van der Waals surface area contributed by atoms with Crippen LogP contribution in [0.5, 0.6) is 5.75 Å². The fourth-order valence-corrected chi connectivity index (χ4v) is 3.09. The van der Waals surface area contributed by atoms with Crippen molar-refractivity contribution in [3.63, 3.8) is 0 Å². The summed E-state index contributed by atoms with van der Waals surface area (Å²) in [6, 6.07) is 6.13. The van der Waals surface area contributed by atoms with Crippen molar-refractivity contribution in [1.82, 2.24) is 0 Å². The molecular formula is C19H30O2. The van der Waals surface area contributed by atoms with E-state index in [1.807, 2.05) is 12.1 Å². The first kappa shape index (κ1) is 16.4. The Hall–Kier alpha value is -1.02. The highest BCUT2D eigenvalue weighted by Gasteiger charge is 2.20. The van der Waals surface area contributed by atoms with Crippen LogP contribution < -0.4 is 4.74 Å². The number of aryl methyl sites for hydroxylation is 1. The van der Waals surface area contributed by atoms with Crippen molar-refractivity contribution in [2.75, 3.05) is 6.61 Å². The highest BCUT2D eigenvalue weighted by atomic mass is 16.5. The van der Waals surface area contributed by atoms with Gasteiger partial charge in [0.15, 0.2) is 0 Å². The molecule has 21 heavy (non-hydrogen) atoms. The third kappa shape index (κ3) is 5.35. The first-order valence-electron chi connectivity index (χ1n) is 8.75. The Morgan fingerprint density at radius 1 is 1.05 bits per heavy atom. The molecule has 0 amide bonds. The molecule has 1 atom stereocenters. The SMILES string of the molecule is CCCCCCCCCCOc1ccc2c(c1)CC[C@@H]2O. The highest BCUT2D eigenvalue weighted by Crippen LogP contribution is 2.33. The Bertz CT molecular complexity index is 414. The third-order valence-corrected chi connectivity index (χ3v) is 4.43. The van der Waals surface area contributed by atoms with E-state index in [1.165, 1.54) is 50.5 Å². The topological polar surface area (TPSA) is 29.5 Å². The van der Waals surface area contributed by atoms with E-state index < -0.39 is 0 Å². The van der Waals surface area contributed by atoms with Crippen molar-refractivity contribution in [3.05, 3.63) is 29.3 Å². The van der Waals surface area contributed by atoms with Gasteiger partial charge in [-0.1, -0.05) is 57.9 Å². The fraction of sp³-hybridized carbons (Fsp3) is 0.684. The highest BCUT2D eigenvalue weighted by molar-refractivity contribution is 5.39. The summed E-state index contributed by atoms with van der Waals surface area (Å²) in [7, 11) is 0. The van der Waals surface area contributed by atoms with Gasteiger partial charge in [0.05, 0.1) is 12.7 Å². The number of hydrogen-bond donors (Lipinski definition) is 1. The molecule has 1 N–H and O–H groups in total. The summed E-state index contributed by atoms with van der Waals surface area (Å²) in [5.74, 6) is 0.964. The van der Waals surface area contributed by atoms with Crippen LogP contribution in [0, 0.1) is 0 Å². The lowest BCUT2D eigenvalue weighted by Gasteiger charge is -2.09. The molecule has 0 aromatic heterocycles. The summed E-state index contributed by atoms with van der Waals surface area (Å²) >= 11 is 0. The van der Waals surface area contributed by atoms with Crippen molar-refractivity contribution >= 4 is 0 Å².